The number of benzene rings is 1. The lowest BCUT2D eigenvalue weighted by atomic mass is 10.3. The molecular formula is C13H18BrFN2O2S. The maximum Gasteiger partial charge on any atom is 0.243 e. The van der Waals surface area contributed by atoms with Crippen LogP contribution in [0.3, 0.4) is 0 Å². The van der Waals surface area contributed by atoms with Crippen LogP contribution < -0.4 is 0 Å². The monoisotopic (exact) mass is 364 g/mol. The average Bonchev–Trinajstić information content (AvgIpc) is 2.88. The van der Waals surface area contributed by atoms with Gasteiger partial charge in [-0.1, -0.05) is 0 Å². The van der Waals surface area contributed by atoms with Crippen LogP contribution in [0.1, 0.15) is 12.8 Å². The van der Waals surface area contributed by atoms with Crippen LogP contribution >= 0.6 is 15.9 Å². The zero-order valence-electron chi connectivity index (χ0n) is 11.3. The molecule has 2 rings (SSSR count). The van der Waals surface area contributed by atoms with E-state index in [1.54, 1.807) is 7.05 Å². The Morgan fingerprint density at radius 1 is 1.35 bits per heavy atom. The van der Waals surface area contributed by atoms with Crippen LogP contribution in [-0.4, -0.2) is 50.8 Å². The predicted octanol–water partition coefficient (Wildman–Crippen LogP) is 2.30. The first kappa shape index (κ1) is 15.9. The molecule has 0 radical (unpaired) electrons. The number of likely N-dealkylation sites (tertiary alicyclic amines) is 1. The highest BCUT2D eigenvalue weighted by atomic mass is 79.9. The van der Waals surface area contributed by atoms with Crippen molar-refractivity contribution in [1.29, 1.82) is 0 Å². The Hall–Kier alpha value is -0.500. The van der Waals surface area contributed by atoms with Crippen molar-refractivity contribution < 1.29 is 12.8 Å². The number of likely N-dealkylation sites (N-methyl/N-ethyl adjacent to an activating group) is 1. The van der Waals surface area contributed by atoms with Crippen molar-refractivity contribution in [3.63, 3.8) is 0 Å². The van der Waals surface area contributed by atoms with E-state index in [1.807, 2.05) is 0 Å². The van der Waals surface area contributed by atoms with Gasteiger partial charge in [0.15, 0.2) is 0 Å². The van der Waals surface area contributed by atoms with Gasteiger partial charge < -0.3 is 4.90 Å². The Morgan fingerprint density at radius 3 is 2.60 bits per heavy atom. The first-order valence-corrected chi connectivity index (χ1v) is 8.78. The molecule has 1 aliphatic heterocycles. The summed E-state index contributed by atoms with van der Waals surface area (Å²) in [5.41, 5.74) is 0. The molecule has 1 fully saturated rings. The number of rotatable bonds is 5. The highest BCUT2D eigenvalue weighted by molar-refractivity contribution is 9.10. The summed E-state index contributed by atoms with van der Waals surface area (Å²) in [4.78, 5) is 2.36. The van der Waals surface area contributed by atoms with E-state index in [0.29, 0.717) is 6.54 Å². The third-order valence-corrected chi connectivity index (χ3v) is 6.35. The van der Waals surface area contributed by atoms with Crippen LogP contribution in [0.25, 0.3) is 0 Å². The standard InChI is InChI=1S/C13H18BrFN2O2S/c1-16(8-9-17-6-2-3-7-17)20(18,19)13-5-4-11(15)10-12(13)14/h4-5,10H,2-3,6-9H2,1H3. The SMILES string of the molecule is CN(CCN1CCCC1)S(=O)(=O)c1ccc(F)cc1Br. The maximum absolute atomic E-state index is 13.0. The van der Waals surface area contributed by atoms with E-state index >= 15 is 0 Å². The molecule has 0 unspecified atom stereocenters. The Kier molecular flexibility index (Phi) is 5.17. The number of hydrogen-bond acceptors (Lipinski definition) is 3. The minimum absolute atomic E-state index is 0.0998. The normalized spacial score (nSPS) is 17.0. The highest BCUT2D eigenvalue weighted by Gasteiger charge is 2.24. The van der Waals surface area contributed by atoms with Crippen molar-refractivity contribution in [2.75, 3.05) is 33.2 Å². The average molecular weight is 365 g/mol. The van der Waals surface area contributed by atoms with E-state index in [4.69, 9.17) is 0 Å². The van der Waals surface area contributed by atoms with Gasteiger partial charge in [0.25, 0.3) is 0 Å². The summed E-state index contributed by atoms with van der Waals surface area (Å²) in [5, 5.41) is 0. The molecule has 0 saturated carbocycles. The van der Waals surface area contributed by atoms with E-state index in [2.05, 4.69) is 20.8 Å². The molecule has 0 N–H and O–H groups in total. The molecule has 1 aromatic rings. The van der Waals surface area contributed by atoms with Crippen LogP contribution in [0.4, 0.5) is 4.39 Å². The molecule has 0 bridgehead atoms. The smallest absolute Gasteiger partial charge is 0.243 e. The van der Waals surface area contributed by atoms with Gasteiger partial charge in [0, 0.05) is 24.6 Å². The van der Waals surface area contributed by atoms with E-state index in [9.17, 15) is 12.8 Å². The maximum atomic E-state index is 13.0. The summed E-state index contributed by atoms with van der Waals surface area (Å²) < 4.78 is 39.5. The summed E-state index contributed by atoms with van der Waals surface area (Å²) in [6.07, 6.45) is 2.36. The third-order valence-electron chi connectivity index (χ3n) is 3.51. The first-order chi connectivity index (χ1) is 9.41. The Balaban J connectivity index is 2.08. The molecule has 0 aliphatic carbocycles. The van der Waals surface area contributed by atoms with Crippen molar-refractivity contribution in [1.82, 2.24) is 9.21 Å². The lowest BCUT2D eigenvalue weighted by molar-refractivity contribution is 0.310. The minimum atomic E-state index is -3.58. The van der Waals surface area contributed by atoms with Gasteiger partial charge in [0.2, 0.25) is 10.0 Å². The quantitative estimate of drug-likeness (QED) is 0.804. The Bertz CT molecular complexity index is 574. The number of sulfonamides is 1. The predicted molar refractivity (Wildman–Crippen MR) is 79.6 cm³/mol. The van der Waals surface area contributed by atoms with Gasteiger partial charge in [0.1, 0.15) is 5.82 Å². The number of halogens is 2. The second-order valence-corrected chi connectivity index (χ2v) is 7.82. The van der Waals surface area contributed by atoms with Gasteiger partial charge in [-0.15, -0.1) is 0 Å². The Labute approximate surface area is 127 Å². The Morgan fingerprint density at radius 2 is 2.00 bits per heavy atom. The van der Waals surface area contributed by atoms with Crippen LogP contribution in [0, 0.1) is 5.82 Å². The van der Waals surface area contributed by atoms with Gasteiger partial charge in [-0.2, -0.15) is 4.31 Å². The molecule has 1 aromatic carbocycles. The molecule has 1 heterocycles. The topological polar surface area (TPSA) is 40.6 Å². The number of hydrogen-bond donors (Lipinski definition) is 0. The fourth-order valence-corrected chi connectivity index (χ4v) is 4.43. The molecule has 0 amide bonds. The van der Waals surface area contributed by atoms with Crippen LogP contribution in [0.15, 0.2) is 27.6 Å². The van der Waals surface area contributed by atoms with Crippen molar-refractivity contribution in [2.45, 2.75) is 17.7 Å². The molecule has 1 saturated heterocycles. The second-order valence-electron chi connectivity index (χ2n) is 4.95. The van der Waals surface area contributed by atoms with Gasteiger partial charge in [-0.25, -0.2) is 12.8 Å². The van der Waals surface area contributed by atoms with Crippen LogP contribution in [0.2, 0.25) is 0 Å². The van der Waals surface area contributed by atoms with E-state index < -0.39 is 15.8 Å². The van der Waals surface area contributed by atoms with Gasteiger partial charge in [-0.3, -0.25) is 0 Å². The van der Waals surface area contributed by atoms with Gasteiger partial charge >= 0.3 is 0 Å². The number of nitrogens with zero attached hydrogens (tertiary/aromatic N) is 2. The highest BCUT2D eigenvalue weighted by Crippen LogP contribution is 2.25. The summed E-state index contributed by atoms with van der Waals surface area (Å²) in [6, 6.07) is 3.62. The van der Waals surface area contributed by atoms with E-state index in [-0.39, 0.29) is 9.37 Å². The molecule has 20 heavy (non-hydrogen) atoms. The lowest BCUT2D eigenvalue weighted by Crippen LogP contribution is -2.35. The van der Waals surface area contributed by atoms with E-state index in [1.165, 1.54) is 29.3 Å². The van der Waals surface area contributed by atoms with Crippen molar-refractivity contribution in [2.24, 2.45) is 0 Å². The summed E-state index contributed by atoms with van der Waals surface area (Å²) in [6.45, 7) is 3.24. The third kappa shape index (κ3) is 3.58. The minimum Gasteiger partial charge on any atom is -0.302 e. The molecule has 1 aliphatic rings. The molecule has 112 valence electrons. The second kappa shape index (κ2) is 6.51. The lowest BCUT2D eigenvalue weighted by Gasteiger charge is -2.21. The summed E-state index contributed by atoms with van der Waals surface area (Å²) in [5.74, 6) is -0.462. The van der Waals surface area contributed by atoms with Crippen LogP contribution in [-0.2, 0) is 10.0 Å². The zero-order chi connectivity index (χ0) is 14.8. The van der Waals surface area contributed by atoms with Crippen molar-refractivity contribution >= 4 is 26.0 Å². The largest absolute Gasteiger partial charge is 0.302 e. The fourth-order valence-electron chi connectivity index (χ4n) is 2.26. The first-order valence-electron chi connectivity index (χ1n) is 6.55. The summed E-state index contributed by atoms with van der Waals surface area (Å²) >= 11 is 3.11. The van der Waals surface area contributed by atoms with Crippen molar-refractivity contribution in [3.05, 3.63) is 28.5 Å². The molecule has 0 spiro atoms. The molecule has 4 nitrogen and oxygen atoms in total. The van der Waals surface area contributed by atoms with Gasteiger partial charge in [0.05, 0.1) is 4.90 Å². The molecular weight excluding hydrogens is 347 g/mol. The molecule has 0 atom stereocenters. The molecule has 0 aromatic heterocycles. The van der Waals surface area contributed by atoms with Crippen LogP contribution in [0.5, 0.6) is 0 Å². The summed E-state index contributed by atoms with van der Waals surface area (Å²) in [7, 11) is -2.03. The van der Waals surface area contributed by atoms with E-state index in [0.717, 1.165) is 25.7 Å². The van der Waals surface area contributed by atoms with Gasteiger partial charge in [-0.05, 0) is 60.1 Å². The van der Waals surface area contributed by atoms with Crippen molar-refractivity contribution in [3.8, 4) is 0 Å². The zero-order valence-corrected chi connectivity index (χ0v) is 13.8. The molecule has 7 heteroatoms. The fraction of sp³-hybridized carbons (Fsp3) is 0.538.